The van der Waals surface area contributed by atoms with E-state index in [9.17, 15) is 14.4 Å². The molecule has 1 aliphatic rings. The number of nitrogens with zero attached hydrogens (tertiary/aromatic N) is 2. The Balaban J connectivity index is 1.93. The van der Waals surface area contributed by atoms with Gasteiger partial charge in [0, 0.05) is 10.6 Å². The number of ether oxygens (including phenoxy) is 5. The van der Waals surface area contributed by atoms with Crippen LogP contribution in [0.4, 0.5) is 0 Å². The number of rotatable bonds is 12. The first-order valence-electron chi connectivity index (χ1n) is 13.5. The second-order valence-corrected chi connectivity index (χ2v) is 11.1. The van der Waals surface area contributed by atoms with Crippen LogP contribution in [0.15, 0.2) is 64.0 Å². The number of thiazole rings is 1. The highest BCUT2D eigenvalue weighted by Gasteiger charge is 2.34. The number of hydrogen-bond acceptors (Lipinski definition) is 10. The minimum absolute atomic E-state index is 0.125. The lowest BCUT2D eigenvalue weighted by atomic mass is 9.95. The number of aromatic nitrogens is 1. The quantitative estimate of drug-likeness (QED) is 0.204. The van der Waals surface area contributed by atoms with Crippen molar-refractivity contribution in [1.29, 1.82) is 0 Å². The maximum atomic E-state index is 14.1. The van der Waals surface area contributed by atoms with Gasteiger partial charge in [0.05, 0.1) is 47.2 Å². The highest BCUT2D eigenvalue weighted by Crippen LogP contribution is 2.37. The van der Waals surface area contributed by atoms with Crippen molar-refractivity contribution in [2.75, 3.05) is 33.5 Å². The molecule has 0 aliphatic carbocycles. The van der Waals surface area contributed by atoms with Crippen LogP contribution >= 0.6 is 34.5 Å². The van der Waals surface area contributed by atoms with Gasteiger partial charge >= 0.3 is 11.9 Å². The van der Waals surface area contributed by atoms with Crippen molar-refractivity contribution in [2.45, 2.75) is 26.8 Å². The summed E-state index contributed by atoms with van der Waals surface area (Å²) < 4.78 is 29.0. The van der Waals surface area contributed by atoms with Crippen LogP contribution in [0.25, 0.3) is 6.08 Å². The fraction of sp³-hybridized carbons (Fsp3) is 0.290. The van der Waals surface area contributed by atoms with Crippen LogP contribution in [0.3, 0.4) is 0 Å². The van der Waals surface area contributed by atoms with Gasteiger partial charge in [-0.15, -0.1) is 0 Å². The van der Waals surface area contributed by atoms with E-state index in [0.717, 1.165) is 11.3 Å². The molecular formula is C31H30Cl2N2O8S. The fourth-order valence-corrected chi connectivity index (χ4v) is 6.11. The molecule has 0 N–H and O–H groups in total. The summed E-state index contributed by atoms with van der Waals surface area (Å²) in [5.74, 6) is -0.238. The molecule has 3 aromatic rings. The van der Waals surface area contributed by atoms with Crippen LogP contribution in [0.2, 0.25) is 10.0 Å². The molecular weight excluding hydrogens is 631 g/mol. The van der Waals surface area contributed by atoms with Gasteiger partial charge in [0.25, 0.3) is 5.56 Å². The van der Waals surface area contributed by atoms with Gasteiger partial charge in [-0.2, -0.15) is 0 Å². The number of esters is 2. The zero-order valence-corrected chi connectivity index (χ0v) is 26.8. The molecule has 2 heterocycles. The lowest BCUT2D eigenvalue weighted by molar-refractivity contribution is -0.143. The minimum atomic E-state index is -0.916. The average Bonchev–Trinajstić information content (AvgIpc) is 3.29. The normalized spacial score (nSPS) is 14.4. The van der Waals surface area contributed by atoms with Crippen molar-refractivity contribution in [1.82, 2.24) is 4.57 Å². The third-order valence-corrected chi connectivity index (χ3v) is 7.82. The predicted octanol–water partition coefficient (Wildman–Crippen LogP) is 4.62. The third-order valence-electron chi connectivity index (χ3n) is 6.34. The van der Waals surface area contributed by atoms with Gasteiger partial charge in [0.15, 0.2) is 22.9 Å². The van der Waals surface area contributed by atoms with E-state index in [0.29, 0.717) is 49.3 Å². The number of allylic oxidation sites excluding steroid dienone is 1. The van der Waals surface area contributed by atoms with Crippen LogP contribution in [0.1, 0.15) is 37.9 Å². The van der Waals surface area contributed by atoms with Crippen molar-refractivity contribution in [3.8, 4) is 17.2 Å². The molecule has 44 heavy (non-hydrogen) atoms. The summed E-state index contributed by atoms with van der Waals surface area (Å²) >= 11 is 13.8. The zero-order chi connectivity index (χ0) is 32.0. The van der Waals surface area contributed by atoms with Crippen molar-refractivity contribution in [3.63, 3.8) is 0 Å². The summed E-state index contributed by atoms with van der Waals surface area (Å²) in [5, 5.41) is 0.630. The van der Waals surface area contributed by atoms with Crippen molar-refractivity contribution >= 4 is 52.6 Å². The monoisotopic (exact) mass is 660 g/mol. The standard InChI is InChI=1S/C31H30Cl2N2O8S/c1-6-11-42-28-19(12-20(32)15-21(28)33)14-24-29(37)35-27(26(30(38)41-8-3)17(4)34-31(35)44-24)18-9-10-22(23(13-18)40-7-2)43-16-25(36)39-5/h6,9-10,12-15,27H,1,7-8,11,16H2,2-5H3/b24-14+/t27-/m1/s1. The van der Waals surface area contributed by atoms with E-state index >= 15 is 0 Å². The van der Waals surface area contributed by atoms with E-state index in [1.807, 2.05) is 0 Å². The number of methoxy groups -OCH3 is 1. The second kappa shape index (κ2) is 14.6. The van der Waals surface area contributed by atoms with Crippen LogP contribution in [0.5, 0.6) is 17.2 Å². The molecule has 2 aromatic carbocycles. The molecule has 0 saturated heterocycles. The predicted molar refractivity (Wildman–Crippen MR) is 168 cm³/mol. The molecule has 1 aromatic heterocycles. The largest absolute Gasteiger partial charge is 0.490 e. The number of fused-ring (bicyclic) bond motifs is 1. The summed E-state index contributed by atoms with van der Waals surface area (Å²) in [6.07, 6.45) is 3.19. The first kappa shape index (κ1) is 32.8. The van der Waals surface area contributed by atoms with Crippen molar-refractivity contribution < 1.29 is 33.3 Å². The third kappa shape index (κ3) is 7.01. The lowest BCUT2D eigenvalue weighted by Gasteiger charge is -2.25. The molecule has 1 atom stereocenters. The van der Waals surface area contributed by atoms with Gasteiger partial charge in [-0.25, -0.2) is 14.6 Å². The minimum Gasteiger partial charge on any atom is -0.490 e. The van der Waals surface area contributed by atoms with E-state index in [1.54, 1.807) is 63.3 Å². The Morgan fingerprint density at radius 2 is 1.86 bits per heavy atom. The molecule has 0 fully saturated rings. The SMILES string of the molecule is C=CCOc1c(Cl)cc(Cl)cc1/C=c1/sc2n(c1=O)[C@H](c1ccc(OCC(=O)OC)c(OCC)c1)C(C(=O)OCC)=C(C)N=2. The van der Waals surface area contributed by atoms with E-state index in [-0.39, 0.29) is 36.2 Å². The number of benzene rings is 2. The summed E-state index contributed by atoms with van der Waals surface area (Å²) in [6.45, 7) is 9.12. The molecule has 0 radical (unpaired) electrons. The van der Waals surface area contributed by atoms with E-state index in [1.165, 1.54) is 11.7 Å². The Morgan fingerprint density at radius 1 is 1.09 bits per heavy atom. The second-order valence-electron chi connectivity index (χ2n) is 9.21. The van der Waals surface area contributed by atoms with Gasteiger partial charge in [-0.3, -0.25) is 9.36 Å². The lowest BCUT2D eigenvalue weighted by Crippen LogP contribution is -2.40. The molecule has 232 valence electrons. The Labute approximate surface area is 267 Å². The Bertz CT molecular complexity index is 1810. The summed E-state index contributed by atoms with van der Waals surface area (Å²) in [7, 11) is 1.26. The van der Waals surface area contributed by atoms with Crippen molar-refractivity contribution in [2.24, 2.45) is 4.99 Å². The van der Waals surface area contributed by atoms with Crippen LogP contribution < -0.4 is 29.1 Å². The number of carbonyl (C=O) groups excluding carboxylic acids is 2. The smallest absolute Gasteiger partial charge is 0.343 e. The highest BCUT2D eigenvalue weighted by molar-refractivity contribution is 7.07. The highest BCUT2D eigenvalue weighted by atomic mass is 35.5. The van der Waals surface area contributed by atoms with Gasteiger partial charge in [-0.1, -0.05) is 53.3 Å². The molecule has 0 saturated carbocycles. The summed E-state index contributed by atoms with van der Waals surface area (Å²) in [5.41, 5.74) is 1.19. The van der Waals surface area contributed by atoms with Gasteiger partial charge < -0.3 is 23.7 Å². The maximum absolute atomic E-state index is 14.1. The summed E-state index contributed by atoms with van der Waals surface area (Å²) in [4.78, 5) is 44.0. The van der Waals surface area contributed by atoms with Crippen LogP contribution in [0, 0.1) is 0 Å². The van der Waals surface area contributed by atoms with Gasteiger partial charge in [-0.05, 0) is 56.7 Å². The molecule has 10 nitrogen and oxygen atoms in total. The van der Waals surface area contributed by atoms with Crippen molar-refractivity contribution in [3.05, 3.63) is 95.1 Å². The van der Waals surface area contributed by atoms with Crippen LogP contribution in [-0.2, 0) is 19.1 Å². The first-order chi connectivity index (χ1) is 21.1. The first-order valence-corrected chi connectivity index (χ1v) is 15.1. The maximum Gasteiger partial charge on any atom is 0.343 e. The Hall–Kier alpha value is -4.06. The Kier molecular flexibility index (Phi) is 10.9. The molecule has 0 amide bonds. The molecule has 13 heteroatoms. The van der Waals surface area contributed by atoms with E-state index in [4.69, 9.17) is 42.1 Å². The molecule has 0 bridgehead atoms. The fourth-order valence-electron chi connectivity index (χ4n) is 4.51. The molecule has 0 unspecified atom stereocenters. The van der Waals surface area contributed by atoms with E-state index < -0.39 is 23.5 Å². The number of halogens is 2. The molecule has 4 rings (SSSR count). The average molecular weight is 662 g/mol. The van der Waals surface area contributed by atoms with Gasteiger partial charge in [0.2, 0.25) is 0 Å². The Morgan fingerprint density at radius 3 is 2.55 bits per heavy atom. The van der Waals surface area contributed by atoms with E-state index in [2.05, 4.69) is 16.3 Å². The zero-order valence-electron chi connectivity index (χ0n) is 24.5. The van der Waals surface area contributed by atoms with Crippen LogP contribution in [-0.4, -0.2) is 50.0 Å². The number of hydrogen-bond donors (Lipinski definition) is 0. The molecule has 1 aliphatic heterocycles. The number of carbonyl (C=O) groups is 2. The molecule has 0 spiro atoms. The van der Waals surface area contributed by atoms with Gasteiger partial charge in [0.1, 0.15) is 12.4 Å². The topological polar surface area (TPSA) is 115 Å². The summed E-state index contributed by atoms with van der Waals surface area (Å²) in [6, 6.07) is 7.22.